The molecule has 12 nitrogen and oxygen atoms in total. The maximum atomic E-state index is 13.4. The van der Waals surface area contributed by atoms with Crippen molar-refractivity contribution in [3.05, 3.63) is 65.8 Å². The number of fused-ring (bicyclic) bond motifs is 1. The second kappa shape index (κ2) is 11.7. The molecule has 2 N–H and O–H groups in total. The van der Waals surface area contributed by atoms with Gasteiger partial charge in [-0.2, -0.15) is 10.1 Å². The van der Waals surface area contributed by atoms with E-state index in [1.165, 1.54) is 0 Å². The van der Waals surface area contributed by atoms with Crippen LogP contribution in [0.2, 0.25) is 0 Å². The molecule has 14 heteroatoms. The van der Waals surface area contributed by atoms with E-state index in [9.17, 15) is 4.57 Å². The minimum Gasteiger partial charge on any atom is -0.492 e. The van der Waals surface area contributed by atoms with Crippen LogP contribution in [0.5, 0.6) is 5.75 Å². The molecule has 4 heterocycles. The first-order valence-electron chi connectivity index (χ1n) is 13.2. The number of anilines is 5. The van der Waals surface area contributed by atoms with Crippen LogP contribution in [0.25, 0.3) is 16.7 Å². The summed E-state index contributed by atoms with van der Waals surface area (Å²) in [5, 5.41) is 11.7. The SMILES string of the molecule is COc1c(Nc2ncc(Br)c(Nc3ccc4nccnc4c3P(C)(C)=O)n2)cc(-n2cccn2)cc1N1CCOCC1. The Balaban J connectivity index is 1.39. The third-order valence-corrected chi connectivity index (χ3v) is 8.88. The molecular formula is C28H29BrN9O3P. The van der Waals surface area contributed by atoms with Crippen LogP contribution in [0.3, 0.4) is 0 Å². The molecule has 0 radical (unpaired) electrons. The average Bonchev–Trinajstić information content (AvgIpc) is 3.53. The van der Waals surface area contributed by atoms with Crippen LogP contribution in [0.4, 0.5) is 28.8 Å². The maximum Gasteiger partial charge on any atom is 0.229 e. The highest BCUT2D eigenvalue weighted by Gasteiger charge is 2.24. The number of hydrogen-bond acceptors (Lipinski definition) is 11. The molecular weight excluding hydrogens is 621 g/mol. The second-order valence-corrected chi connectivity index (χ2v) is 14.0. The van der Waals surface area contributed by atoms with E-state index < -0.39 is 7.14 Å². The third-order valence-electron chi connectivity index (χ3n) is 6.77. The van der Waals surface area contributed by atoms with Gasteiger partial charge in [0.1, 0.15) is 18.5 Å². The van der Waals surface area contributed by atoms with Gasteiger partial charge in [-0.3, -0.25) is 9.97 Å². The van der Waals surface area contributed by atoms with Crippen molar-refractivity contribution in [1.29, 1.82) is 0 Å². The number of nitrogens with zero attached hydrogens (tertiary/aromatic N) is 7. The molecule has 1 fully saturated rings. The summed E-state index contributed by atoms with van der Waals surface area (Å²) in [7, 11) is -1.11. The number of nitrogens with one attached hydrogen (secondary N) is 2. The molecule has 6 rings (SSSR count). The van der Waals surface area contributed by atoms with Gasteiger partial charge in [0, 0.05) is 44.1 Å². The summed E-state index contributed by atoms with van der Waals surface area (Å²) >= 11 is 3.56. The first-order chi connectivity index (χ1) is 20.3. The molecule has 0 aliphatic carbocycles. The van der Waals surface area contributed by atoms with Gasteiger partial charge < -0.3 is 29.6 Å². The fraction of sp³-hybridized carbons (Fsp3) is 0.250. The molecule has 3 aromatic heterocycles. The predicted octanol–water partition coefficient (Wildman–Crippen LogP) is 4.95. The van der Waals surface area contributed by atoms with Crippen LogP contribution >= 0.6 is 23.1 Å². The van der Waals surface area contributed by atoms with E-state index >= 15 is 0 Å². The van der Waals surface area contributed by atoms with Gasteiger partial charge in [-0.05, 0) is 59.6 Å². The number of aromatic nitrogens is 6. The van der Waals surface area contributed by atoms with E-state index in [4.69, 9.17) is 14.5 Å². The van der Waals surface area contributed by atoms with E-state index in [2.05, 4.69) is 57.6 Å². The Labute approximate surface area is 251 Å². The Morgan fingerprint density at radius 2 is 1.83 bits per heavy atom. The molecule has 5 aromatic rings. The first-order valence-corrected chi connectivity index (χ1v) is 16.6. The zero-order valence-electron chi connectivity index (χ0n) is 23.3. The minimum atomic E-state index is -2.76. The van der Waals surface area contributed by atoms with Crippen molar-refractivity contribution in [2.75, 3.05) is 62.3 Å². The third kappa shape index (κ3) is 5.67. The van der Waals surface area contributed by atoms with Gasteiger partial charge in [0.05, 0.1) is 58.4 Å². The van der Waals surface area contributed by atoms with Crippen LogP contribution < -0.4 is 25.6 Å². The Kier molecular flexibility index (Phi) is 7.80. The topological polar surface area (TPSA) is 132 Å². The quantitative estimate of drug-likeness (QED) is 0.221. The highest BCUT2D eigenvalue weighted by Crippen LogP contribution is 2.42. The van der Waals surface area contributed by atoms with E-state index in [0.717, 1.165) is 24.5 Å². The number of morpholine rings is 1. The largest absolute Gasteiger partial charge is 0.492 e. The number of rotatable bonds is 8. The first kappa shape index (κ1) is 28.1. The summed E-state index contributed by atoms with van der Waals surface area (Å²) in [5.74, 6) is 1.48. The van der Waals surface area contributed by atoms with E-state index in [-0.39, 0.29) is 0 Å². The fourth-order valence-electron chi connectivity index (χ4n) is 4.93. The molecule has 0 unspecified atom stereocenters. The lowest BCUT2D eigenvalue weighted by Gasteiger charge is -2.31. The molecule has 216 valence electrons. The van der Waals surface area contributed by atoms with Gasteiger partial charge in [-0.1, -0.05) is 0 Å². The average molecular weight is 650 g/mol. The number of benzene rings is 2. The van der Waals surface area contributed by atoms with Crippen LogP contribution in [0.1, 0.15) is 0 Å². The van der Waals surface area contributed by atoms with E-state index in [0.29, 0.717) is 62.9 Å². The lowest BCUT2D eigenvalue weighted by atomic mass is 10.2. The molecule has 1 aliphatic heterocycles. The molecule has 42 heavy (non-hydrogen) atoms. The van der Waals surface area contributed by atoms with E-state index in [1.807, 2.05) is 30.5 Å². The van der Waals surface area contributed by atoms with Gasteiger partial charge in [-0.15, -0.1) is 0 Å². The zero-order chi connectivity index (χ0) is 29.3. The molecule has 0 spiro atoms. The van der Waals surface area contributed by atoms with Crippen LogP contribution in [0, 0.1) is 0 Å². The van der Waals surface area contributed by atoms with Gasteiger partial charge in [0.15, 0.2) is 5.75 Å². The Hall–Kier alpha value is -4.06. The van der Waals surface area contributed by atoms with Gasteiger partial charge in [0.2, 0.25) is 5.95 Å². The number of ether oxygens (including phenoxy) is 2. The molecule has 0 atom stereocenters. The van der Waals surface area contributed by atoms with Crippen LogP contribution in [0.15, 0.2) is 65.8 Å². The monoisotopic (exact) mass is 649 g/mol. The maximum absolute atomic E-state index is 13.4. The summed E-state index contributed by atoms with van der Waals surface area (Å²) in [6.45, 7) is 6.17. The summed E-state index contributed by atoms with van der Waals surface area (Å²) in [4.78, 5) is 20.4. The highest BCUT2D eigenvalue weighted by molar-refractivity contribution is 9.10. The molecule has 1 saturated heterocycles. The summed E-state index contributed by atoms with van der Waals surface area (Å²) in [5.41, 5.74) is 4.34. The van der Waals surface area contributed by atoms with Crippen molar-refractivity contribution in [3.63, 3.8) is 0 Å². The number of hydrogen-bond donors (Lipinski definition) is 2. The standard InChI is InChI=1S/C28H29BrN9O3P/c1-40-25-22(15-18(38-10-4-7-33-38)16-23(25)37-11-13-41-14-12-37)35-28-32-17-19(29)27(36-28)34-21-6-5-20-24(31-9-8-30-20)26(21)42(2,3)39/h4-10,15-17H,11-14H2,1-3H3,(H2,32,34,35,36). The lowest BCUT2D eigenvalue weighted by molar-refractivity contribution is 0.122. The summed E-state index contributed by atoms with van der Waals surface area (Å²) in [6.07, 6.45) is 8.50. The molecule has 0 amide bonds. The number of halogens is 1. The van der Waals surface area contributed by atoms with Crippen molar-refractivity contribution in [1.82, 2.24) is 29.7 Å². The second-order valence-electron chi connectivity index (χ2n) is 9.97. The zero-order valence-corrected chi connectivity index (χ0v) is 25.8. The Morgan fingerprint density at radius 3 is 2.57 bits per heavy atom. The van der Waals surface area contributed by atoms with Crippen molar-refractivity contribution in [3.8, 4) is 11.4 Å². The van der Waals surface area contributed by atoms with E-state index in [1.54, 1.807) is 49.9 Å². The summed E-state index contributed by atoms with van der Waals surface area (Å²) < 4.78 is 27.3. The molecule has 0 bridgehead atoms. The molecule has 2 aromatic carbocycles. The molecule has 1 aliphatic rings. The fourth-order valence-corrected chi connectivity index (χ4v) is 6.61. The van der Waals surface area contributed by atoms with Crippen molar-refractivity contribution in [2.24, 2.45) is 0 Å². The Morgan fingerprint density at radius 1 is 1.02 bits per heavy atom. The van der Waals surface area contributed by atoms with Crippen LogP contribution in [-0.2, 0) is 9.30 Å². The van der Waals surface area contributed by atoms with Gasteiger partial charge in [-0.25, -0.2) is 9.67 Å². The van der Waals surface area contributed by atoms with Gasteiger partial charge in [0.25, 0.3) is 0 Å². The highest BCUT2D eigenvalue weighted by atomic mass is 79.9. The minimum absolute atomic E-state index is 0.336. The van der Waals surface area contributed by atoms with Crippen molar-refractivity contribution in [2.45, 2.75) is 0 Å². The predicted molar refractivity (Wildman–Crippen MR) is 168 cm³/mol. The molecule has 0 saturated carbocycles. The summed E-state index contributed by atoms with van der Waals surface area (Å²) in [6, 6.07) is 9.56. The lowest BCUT2D eigenvalue weighted by Crippen LogP contribution is -2.36. The van der Waals surface area contributed by atoms with Crippen molar-refractivity contribution < 1.29 is 14.0 Å². The van der Waals surface area contributed by atoms with Crippen LogP contribution in [-0.4, -0.2) is 76.5 Å². The van der Waals surface area contributed by atoms with Gasteiger partial charge >= 0.3 is 0 Å². The Bertz CT molecular complexity index is 1790. The number of methoxy groups -OCH3 is 1. The van der Waals surface area contributed by atoms with Crippen molar-refractivity contribution >= 4 is 68.2 Å². The smallest absolute Gasteiger partial charge is 0.229 e. The normalized spacial score (nSPS) is 13.8.